The Morgan fingerprint density at radius 2 is 1.79 bits per heavy atom. The quantitative estimate of drug-likeness (QED) is 0.637. The second kappa shape index (κ2) is 8.32. The first-order valence-electron chi connectivity index (χ1n) is 8.88. The largest absolute Gasteiger partial charge is 0.494 e. The van der Waals surface area contributed by atoms with E-state index in [1.807, 2.05) is 25.2 Å². The SMILES string of the molecule is COc1ccc(-c2cn(CCN(C)C)nc2-c2ccc(S(N)(=O)=O)cc2)cc1F. The van der Waals surface area contributed by atoms with Crippen molar-refractivity contribution in [3.8, 4) is 28.1 Å². The fraction of sp³-hybridized carbons (Fsp3) is 0.250. The number of hydrogen-bond donors (Lipinski definition) is 1. The van der Waals surface area contributed by atoms with Crippen LogP contribution in [0.3, 0.4) is 0 Å². The van der Waals surface area contributed by atoms with Crippen LogP contribution < -0.4 is 9.88 Å². The van der Waals surface area contributed by atoms with E-state index in [1.54, 1.807) is 28.9 Å². The predicted molar refractivity (Wildman–Crippen MR) is 110 cm³/mol. The summed E-state index contributed by atoms with van der Waals surface area (Å²) >= 11 is 0. The summed E-state index contributed by atoms with van der Waals surface area (Å²) in [6, 6.07) is 10.9. The molecule has 1 aromatic heterocycles. The molecule has 154 valence electrons. The van der Waals surface area contributed by atoms with Crippen molar-refractivity contribution in [3.63, 3.8) is 0 Å². The van der Waals surface area contributed by atoms with Gasteiger partial charge in [0.05, 0.1) is 18.6 Å². The van der Waals surface area contributed by atoms with E-state index in [4.69, 9.17) is 9.88 Å². The van der Waals surface area contributed by atoms with Crippen molar-refractivity contribution in [1.82, 2.24) is 14.7 Å². The average molecular weight is 418 g/mol. The maximum Gasteiger partial charge on any atom is 0.238 e. The van der Waals surface area contributed by atoms with Crippen LogP contribution in [0.5, 0.6) is 5.75 Å². The number of nitrogens with two attached hydrogens (primary N) is 1. The number of halogens is 1. The van der Waals surface area contributed by atoms with Gasteiger partial charge in [0.15, 0.2) is 11.6 Å². The molecule has 0 saturated heterocycles. The van der Waals surface area contributed by atoms with Gasteiger partial charge >= 0.3 is 0 Å². The van der Waals surface area contributed by atoms with Gasteiger partial charge in [-0.05, 0) is 43.9 Å². The van der Waals surface area contributed by atoms with Crippen molar-refractivity contribution in [3.05, 3.63) is 54.5 Å². The van der Waals surface area contributed by atoms with E-state index in [-0.39, 0.29) is 10.6 Å². The number of methoxy groups -OCH3 is 1. The molecule has 0 aliphatic rings. The van der Waals surface area contributed by atoms with E-state index < -0.39 is 15.8 Å². The monoisotopic (exact) mass is 418 g/mol. The maximum atomic E-state index is 14.3. The number of sulfonamides is 1. The van der Waals surface area contributed by atoms with Crippen LogP contribution in [0.15, 0.2) is 53.6 Å². The highest BCUT2D eigenvalue weighted by molar-refractivity contribution is 7.89. The summed E-state index contributed by atoms with van der Waals surface area (Å²) in [6.07, 6.45) is 1.85. The van der Waals surface area contributed by atoms with E-state index in [9.17, 15) is 12.8 Å². The Bertz CT molecular complexity index is 1110. The highest BCUT2D eigenvalue weighted by atomic mass is 32.2. The highest BCUT2D eigenvalue weighted by Gasteiger charge is 2.16. The summed E-state index contributed by atoms with van der Waals surface area (Å²) in [5.41, 5.74) is 2.69. The second-order valence-electron chi connectivity index (χ2n) is 6.88. The van der Waals surface area contributed by atoms with Gasteiger partial charge in [0.25, 0.3) is 0 Å². The highest BCUT2D eigenvalue weighted by Crippen LogP contribution is 2.33. The third kappa shape index (κ3) is 4.81. The minimum atomic E-state index is -3.78. The molecule has 0 bridgehead atoms. The first-order valence-corrected chi connectivity index (χ1v) is 10.4. The van der Waals surface area contributed by atoms with Gasteiger partial charge < -0.3 is 9.64 Å². The lowest BCUT2D eigenvalue weighted by molar-refractivity contribution is 0.373. The molecular formula is C20H23FN4O3S. The van der Waals surface area contributed by atoms with Crippen LogP contribution in [0.2, 0.25) is 0 Å². The van der Waals surface area contributed by atoms with Crippen LogP contribution in [-0.2, 0) is 16.6 Å². The topological polar surface area (TPSA) is 90.4 Å². The summed E-state index contributed by atoms with van der Waals surface area (Å²) in [7, 11) is 1.56. The molecule has 2 N–H and O–H groups in total. The molecule has 3 rings (SSSR count). The van der Waals surface area contributed by atoms with E-state index in [0.717, 1.165) is 12.1 Å². The van der Waals surface area contributed by atoms with Crippen LogP contribution in [0.4, 0.5) is 4.39 Å². The minimum absolute atomic E-state index is 0.0188. The number of primary sulfonamides is 1. The predicted octanol–water partition coefficient (Wildman–Crippen LogP) is 2.57. The number of nitrogens with zero attached hydrogens (tertiary/aromatic N) is 3. The molecular weight excluding hydrogens is 395 g/mol. The maximum absolute atomic E-state index is 14.3. The molecule has 0 spiro atoms. The van der Waals surface area contributed by atoms with Crippen molar-refractivity contribution in [1.29, 1.82) is 0 Å². The number of likely N-dealkylation sites (N-methyl/N-ethyl adjacent to an activating group) is 1. The van der Waals surface area contributed by atoms with Crippen molar-refractivity contribution < 1.29 is 17.5 Å². The van der Waals surface area contributed by atoms with Crippen molar-refractivity contribution >= 4 is 10.0 Å². The molecule has 0 aliphatic heterocycles. The fourth-order valence-corrected chi connectivity index (χ4v) is 3.41. The Balaban J connectivity index is 2.08. The zero-order chi connectivity index (χ0) is 21.2. The Morgan fingerprint density at radius 1 is 1.14 bits per heavy atom. The molecule has 0 atom stereocenters. The molecule has 0 unspecified atom stereocenters. The van der Waals surface area contributed by atoms with Gasteiger partial charge in [0.2, 0.25) is 10.0 Å². The van der Waals surface area contributed by atoms with Gasteiger partial charge in [-0.25, -0.2) is 17.9 Å². The van der Waals surface area contributed by atoms with Crippen LogP contribution >= 0.6 is 0 Å². The summed E-state index contributed by atoms with van der Waals surface area (Å²) in [6.45, 7) is 1.43. The minimum Gasteiger partial charge on any atom is -0.494 e. The van der Waals surface area contributed by atoms with Crippen molar-refractivity contribution in [2.24, 2.45) is 5.14 Å². The zero-order valence-corrected chi connectivity index (χ0v) is 17.3. The van der Waals surface area contributed by atoms with E-state index in [2.05, 4.69) is 5.10 Å². The van der Waals surface area contributed by atoms with Gasteiger partial charge in [-0.2, -0.15) is 5.10 Å². The summed E-state index contributed by atoms with van der Waals surface area (Å²) in [5.74, 6) is -0.311. The molecule has 0 saturated carbocycles. The van der Waals surface area contributed by atoms with E-state index in [1.165, 1.54) is 25.3 Å². The molecule has 0 radical (unpaired) electrons. The average Bonchev–Trinajstić information content (AvgIpc) is 3.10. The Kier molecular flexibility index (Phi) is 6.02. The Morgan fingerprint density at radius 3 is 2.34 bits per heavy atom. The van der Waals surface area contributed by atoms with E-state index in [0.29, 0.717) is 23.4 Å². The number of aromatic nitrogens is 2. The first kappa shape index (κ1) is 21.0. The van der Waals surface area contributed by atoms with Crippen LogP contribution in [-0.4, -0.2) is 50.8 Å². The van der Waals surface area contributed by atoms with Crippen LogP contribution in [0.25, 0.3) is 22.4 Å². The smallest absolute Gasteiger partial charge is 0.238 e. The molecule has 0 aliphatic carbocycles. The van der Waals surface area contributed by atoms with Crippen LogP contribution in [0.1, 0.15) is 0 Å². The third-order valence-electron chi connectivity index (χ3n) is 4.46. The Hall–Kier alpha value is -2.75. The number of ether oxygens (including phenoxy) is 1. The van der Waals surface area contributed by atoms with Gasteiger partial charge in [-0.3, -0.25) is 4.68 Å². The third-order valence-corrected chi connectivity index (χ3v) is 5.39. The molecule has 2 aromatic carbocycles. The van der Waals surface area contributed by atoms with Gasteiger partial charge in [-0.1, -0.05) is 18.2 Å². The molecule has 29 heavy (non-hydrogen) atoms. The number of hydrogen-bond acceptors (Lipinski definition) is 5. The number of benzene rings is 2. The van der Waals surface area contributed by atoms with Crippen molar-refractivity contribution in [2.75, 3.05) is 27.7 Å². The molecule has 9 heteroatoms. The lowest BCUT2D eigenvalue weighted by Gasteiger charge is -2.08. The summed E-state index contributed by atoms with van der Waals surface area (Å²) < 4.78 is 44.1. The van der Waals surface area contributed by atoms with E-state index >= 15 is 0 Å². The Labute approximate surface area is 169 Å². The standard InChI is InChI=1S/C20H23FN4O3S/c1-24(2)10-11-25-13-17(15-6-9-19(28-3)18(21)12-15)20(23-25)14-4-7-16(8-5-14)29(22,26)27/h4-9,12-13H,10-11H2,1-3H3,(H2,22,26,27). The normalized spacial score (nSPS) is 11.8. The van der Waals surface area contributed by atoms with Gasteiger partial charge in [0.1, 0.15) is 5.69 Å². The van der Waals surface area contributed by atoms with Gasteiger partial charge in [0, 0.05) is 23.9 Å². The van der Waals surface area contributed by atoms with Crippen molar-refractivity contribution in [2.45, 2.75) is 11.4 Å². The molecule has 0 fully saturated rings. The van der Waals surface area contributed by atoms with Crippen LogP contribution in [0, 0.1) is 5.82 Å². The lowest BCUT2D eigenvalue weighted by atomic mass is 10.0. The fourth-order valence-electron chi connectivity index (χ4n) is 2.90. The second-order valence-corrected chi connectivity index (χ2v) is 8.44. The molecule has 7 nitrogen and oxygen atoms in total. The molecule has 0 amide bonds. The molecule has 3 aromatic rings. The first-order chi connectivity index (χ1) is 13.7. The molecule has 1 heterocycles. The summed E-state index contributed by atoms with van der Waals surface area (Å²) in [4.78, 5) is 2.06. The lowest BCUT2D eigenvalue weighted by Crippen LogP contribution is -2.18. The zero-order valence-electron chi connectivity index (χ0n) is 16.5. The number of rotatable bonds is 7. The van der Waals surface area contributed by atoms with Gasteiger partial charge in [-0.15, -0.1) is 0 Å². The summed E-state index contributed by atoms with van der Waals surface area (Å²) in [5, 5.41) is 9.83.